The molecule has 3 heterocycles. The Labute approximate surface area is 198 Å². The van der Waals surface area contributed by atoms with Crippen molar-refractivity contribution in [1.82, 2.24) is 9.38 Å². The number of carbonyl (C=O) groups is 1. The summed E-state index contributed by atoms with van der Waals surface area (Å²) >= 11 is 0. The van der Waals surface area contributed by atoms with Crippen LogP contribution in [0.15, 0.2) is 59.0 Å². The predicted octanol–water partition coefficient (Wildman–Crippen LogP) is 4.02. The van der Waals surface area contributed by atoms with Gasteiger partial charge in [0.15, 0.2) is 0 Å². The van der Waals surface area contributed by atoms with E-state index in [1.807, 2.05) is 19.1 Å². The maximum atomic E-state index is 13.4. The highest BCUT2D eigenvalue weighted by Crippen LogP contribution is 2.23. The van der Waals surface area contributed by atoms with Gasteiger partial charge in [0.2, 0.25) is 0 Å². The molecule has 0 radical (unpaired) electrons. The lowest BCUT2D eigenvalue weighted by Gasteiger charge is -2.23. The topological polar surface area (TPSA) is 99.7 Å². The van der Waals surface area contributed by atoms with E-state index in [9.17, 15) is 14.9 Å². The van der Waals surface area contributed by atoms with Crippen LogP contribution in [-0.4, -0.2) is 35.0 Å². The number of nitrogens with one attached hydrogen (secondary N) is 1. The van der Waals surface area contributed by atoms with Crippen molar-refractivity contribution in [3.8, 4) is 11.8 Å². The van der Waals surface area contributed by atoms with Crippen molar-refractivity contribution in [3.05, 3.63) is 70.2 Å². The minimum Gasteiger partial charge on any atom is -0.494 e. The monoisotopic (exact) mass is 457 g/mol. The Balaban J connectivity index is 1.72. The molecule has 1 saturated heterocycles. The van der Waals surface area contributed by atoms with Gasteiger partial charge in [0.05, 0.1) is 12.2 Å². The molecule has 4 rings (SSSR count). The second-order valence-electron chi connectivity index (χ2n) is 8.07. The van der Waals surface area contributed by atoms with E-state index < -0.39 is 5.91 Å². The molecular weight excluding hydrogens is 430 g/mol. The maximum Gasteiger partial charge on any atom is 0.267 e. The number of fused-ring (bicyclic) bond motifs is 1. The SMILES string of the molecule is CCOc1ccc(NC(=O)/C(C#N)=C/c2c(N3CCCCCC3)nc3ccccn3c2=O)cc1. The first-order chi connectivity index (χ1) is 16.6. The molecule has 1 fully saturated rings. The number of nitrogens with zero attached hydrogens (tertiary/aromatic N) is 4. The molecule has 174 valence electrons. The van der Waals surface area contributed by atoms with Crippen molar-refractivity contribution in [2.24, 2.45) is 0 Å². The van der Waals surface area contributed by atoms with Crippen molar-refractivity contribution >= 4 is 29.1 Å². The minimum absolute atomic E-state index is 0.167. The molecule has 0 atom stereocenters. The standard InChI is InChI=1S/C26H27N5O3/c1-2-34-21-12-10-20(11-13-21)28-25(32)19(18-27)17-22-24(30-14-6-3-4-7-15-30)29-23-9-5-8-16-31(23)26(22)33/h5,8-13,16-17H,2-4,6-7,14-15H2,1H3,(H,28,32)/b19-17+. The van der Waals surface area contributed by atoms with Crippen LogP contribution in [-0.2, 0) is 4.79 Å². The molecule has 8 nitrogen and oxygen atoms in total. The van der Waals surface area contributed by atoms with Crippen LogP contribution in [0.4, 0.5) is 11.5 Å². The Morgan fingerprint density at radius 3 is 2.56 bits per heavy atom. The van der Waals surface area contributed by atoms with E-state index in [1.54, 1.807) is 42.6 Å². The van der Waals surface area contributed by atoms with E-state index in [1.165, 1.54) is 10.5 Å². The van der Waals surface area contributed by atoms with Crippen LogP contribution < -0.4 is 20.5 Å². The van der Waals surface area contributed by atoms with Gasteiger partial charge in [-0.05, 0) is 62.2 Å². The fourth-order valence-corrected chi connectivity index (χ4v) is 4.03. The van der Waals surface area contributed by atoms with Crippen molar-refractivity contribution < 1.29 is 9.53 Å². The van der Waals surface area contributed by atoms with E-state index in [4.69, 9.17) is 9.72 Å². The first-order valence-electron chi connectivity index (χ1n) is 11.5. The highest BCUT2D eigenvalue weighted by molar-refractivity contribution is 6.10. The van der Waals surface area contributed by atoms with Gasteiger partial charge in [-0.2, -0.15) is 5.26 Å². The molecule has 1 aliphatic rings. The third-order valence-electron chi connectivity index (χ3n) is 5.73. The van der Waals surface area contributed by atoms with Crippen molar-refractivity contribution in [1.29, 1.82) is 5.26 Å². The number of rotatable bonds is 6. The number of ether oxygens (including phenoxy) is 1. The van der Waals surface area contributed by atoms with Gasteiger partial charge in [-0.25, -0.2) is 4.98 Å². The minimum atomic E-state index is -0.592. The summed E-state index contributed by atoms with van der Waals surface area (Å²) < 4.78 is 6.85. The maximum absolute atomic E-state index is 13.4. The van der Waals surface area contributed by atoms with Crippen LogP contribution >= 0.6 is 0 Å². The fourth-order valence-electron chi connectivity index (χ4n) is 4.03. The highest BCUT2D eigenvalue weighted by atomic mass is 16.5. The van der Waals surface area contributed by atoms with Gasteiger partial charge in [0, 0.05) is 25.0 Å². The predicted molar refractivity (Wildman–Crippen MR) is 132 cm³/mol. The summed E-state index contributed by atoms with van der Waals surface area (Å²) in [5.74, 6) is 0.611. The van der Waals surface area contributed by atoms with E-state index >= 15 is 0 Å². The fraction of sp³-hybridized carbons (Fsp3) is 0.308. The Kier molecular flexibility index (Phi) is 7.23. The van der Waals surface area contributed by atoms with Crippen LogP contribution in [0.1, 0.15) is 38.2 Å². The molecule has 1 amide bonds. The van der Waals surface area contributed by atoms with Gasteiger partial charge in [-0.1, -0.05) is 18.9 Å². The second-order valence-corrected chi connectivity index (χ2v) is 8.07. The Morgan fingerprint density at radius 1 is 1.15 bits per heavy atom. The number of hydrogen-bond acceptors (Lipinski definition) is 6. The largest absolute Gasteiger partial charge is 0.494 e. The normalized spacial score (nSPS) is 14.4. The lowest BCUT2D eigenvalue weighted by atomic mass is 10.1. The molecule has 0 unspecified atom stereocenters. The van der Waals surface area contributed by atoms with Gasteiger partial charge in [0.1, 0.15) is 28.9 Å². The smallest absolute Gasteiger partial charge is 0.267 e. The molecule has 0 spiro atoms. The molecule has 2 aromatic heterocycles. The number of carbonyl (C=O) groups excluding carboxylic acids is 1. The molecule has 0 aliphatic carbocycles. The highest BCUT2D eigenvalue weighted by Gasteiger charge is 2.20. The Hall–Kier alpha value is -4.12. The number of anilines is 2. The second kappa shape index (κ2) is 10.7. The van der Waals surface area contributed by atoms with E-state index in [0.717, 1.165) is 38.8 Å². The van der Waals surface area contributed by atoms with Gasteiger partial charge < -0.3 is 15.0 Å². The number of hydrogen-bond donors (Lipinski definition) is 1. The average molecular weight is 458 g/mol. The average Bonchev–Trinajstić information content (AvgIpc) is 3.14. The summed E-state index contributed by atoms with van der Waals surface area (Å²) in [5, 5.41) is 12.5. The number of aromatic nitrogens is 2. The van der Waals surface area contributed by atoms with Crippen molar-refractivity contribution in [3.63, 3.8) is 0 Å². The molecular formula is C26H27N5O3. The van der Waals surface area contributed by atoms with E-state index in [0.29, 0.717) is 29.5 Å². The molecule has 8 heteroatoms. The summed E-state index contributed by atoms with van der Waals surface area (Å²) in [6.45, 7) is 3.98. The van der Waals surface area contributed by atoms with E-state index in [-0.39, 0.29) is 16.7 Å². The first-order valence-corrected chi connectivity index (χ1v) is 11.5. The molecule has 1 aliphatic heterocycles. The lowest BCUT2D eigenvalue weighted by molar-refractivity contribution is -0.112. The van der Waals surface area contributed by atoms with Crippen LogP contribution in [0.5, 0.6) is 5.75 Å². The molecule has 0 saturated carbocycles. The molecule has 34 heavy (non-hydrogen) atoms. The number of nitriles is 1. The van der Waals surface area contributed by atoms with Gasteiger partial charge in [-0.15, -0.1) is 0 Å². The molecule has 3 aromatic rings. The zero-order valence-electron chi connectivity index (χ0n) is 19.2. The van der Waals surface area contributed by atoms with Crippen LogP contribution in [0.25, 0.3) is 11.7 Å². The Bertz CT molecular complexity index is 1300. The third kappa shape index (κ3) is 5.09. The summed E-state index contributed by atoms with van der Waals surface area (Å²) in [4.78, 5) is 33.1. The zero-order chi connectivity index (χ0) is 23.9. The molecule has 1 N–H and O–H groups in total. The number of amides is 1. The van der Waals surface area contributed by atoms with Crippen LogP contribution in [0.2, 0.25) is 0 Å². The summed E-state index contributed by atoms with van der Waals surface area (Å²) in [6, 6.07) is 14.2. The summed E-state index contributed by atoms with van der Waals surface area (Å²) in [6.07, 6.45) is 7.26. The Morgan fingerprint density at radius 2 is 1.88 bits per heavy atom. The molecule has 1 aromatic carbocycles. The quantitative estimate of drug-likeness (QED) is 0.443. The summed E-state index contributed by atoms with van der Waals surface area (Å²) in [5.41, 5.74) is 0.812. The summed E-state index contributed by atoms with van der Waals surface area (Å²) in [7, 11) is 0. The van der Waals surface area contributed by atoms with Gasteiger partial charge in [0.25, 0.3) is 11.5 Å². The van der Waals surface area contributed by atoms with Crippen molar-refractivity contribution in [2.75, 3.05) is 29.9 Å². The van der Waals surface area contributed by atoms with Gasteiger partial charge in [-0.3, -0.25) is 14.0 Å². The van der Waals surface area contributed by atoms with Crippen LogP contribution in [0.3, 0.4) is 0 Å². The van der Waals surface area contributed by atoms with E-state index in [2.05, 4.69) is 10.2 Å². The molecule has 0 bridgehead atoms. The third-order valence-corrected chi connectivity index (χ3v) is 5.73. The first kappa shape index (κ1) is 23.1. The van der Waals surface area contributed by atoms with Crippen molar-refractivity contribution in [2.45, 2.75) is 32.6 Å². The zero-order valence-corrected chi connectivity index (χ0v) is 19.2. The van der Waals surface area contributed by atoms with Gasteiger partial charge >= 0.3 is 0 Å². The number of benzene rings is 1. The number of pyridine rings is 1. The van der Waals surface area contributed by atoms with Crippen LogP contribution in [0, 0.1) is 11.3 Å². The lowest BCUT2D eigenvalue weighted by Crippen LogP contribution is -2.30.